The molecule has 0 aromatic heterocycles. The van der Waals surface area contributed by atoms with Gasteiger partial charge in [-0.1, -0.05) is 32.0 Å². The first-order valence-corrected chi connectivity index (χ1v) is 8.05. The molecule has 1 amide bonds. The summed E-state index contributed by atoms with van der Waals surface area (Å²) in [6, 6.07) is 11.0. The van der Waals surface area contributed by atoms with Crippen molar-refractivity contribution < 1.29 is 9.90 Å². The zero-order chi connectivity index (χ0) is 15.4. The van der Waals surface area contributed by atoms with Crippen molar-refractivity contribution in [1.82, 2.24) is 0 Å². The number of para-hydroxylation sites is 1. The highest BCUT2D eigenvalue weighted by molar-refractivity contribution is 14.1. The van der Waals surface area contributed by atoms with E-state index in [9.17, 15) is 9.90 Å². The minimum Gasteiger partial charge on any atom is -0.507 e. The molecule has 2 N–H and O–H groups in total. The number of rotatable bonds is 4. The molecule has 2 aromatic rings. The zero-order valence-electron chi connectivity index (χ0n) is 12.1. The first-order valence-electron chi connectivity index (χ1n) is 6.97. The van der Waals surface area contributed by atoms with Gasteiger partial charge in [0.15, 0.2) is 0 Å². The highest BCUT2D eigenvalue weighted by Gasteiger charge is 2.12. The molecule has 21 heavy (non-hydrogen) atoms. The molecule has 0 radical (unpaired) electrons. The molecule has 0 aliphatic rings. The van der Waals surface area contributed by atoms with Gasteiger partial charge in [-0.2, -0.15) is 0 Å². The number of carbonyl (C=O) groups is 1. The van der Waals surface area contributed by atoms with E-state index in [4.69, 9.17) is 0 Å². The van der Waals surface area contributed by atoms with E-state index in [0.717, 1.165) is 33.2 Å². The van der Waals surface area contributed by atoms with Crippen molar-refractivity contribution >= 4 is 34.2 Å². The van der Waals surface area contributed by atoms with Crippen LogP contribution in [0.3, 0.4) is 0 Å². The van der Waals surface area contributed by atoms with Gasteiger partial charge in [0.1, 0.15) is 5.75 Å². The second-order valence-corrected chi connectivity index (χ2v) is 5.94. The Morgan fingerprint density at radius 3 is 2.29 bits per heavy atom. The van der Waals surface area contributed by atoms with Gasteiger partial charge in [0.25, 0.3) is 5.91 Å². The van der Waals surface area contributed by atoms with E-state index in [1.165, 1.54) is 6.07 Å². The number of phenols is 1. The van der Waals surface area contributed by atoms with Crippen molar-refractivity contribution in [3.8, 4) is 5.75 Å². The summed E-state index contributed by atoms with van der Waals surface area (Å²) in [7, 11) is 0. The molecule has 4 heteroatoms. The third-order valence-corrected chi connectivity index (χ3v) is 4.36. The normalized spacial score (nSPS) is 10.4. The number of phenolic OH excluding ortho intramolecular Hbond substituents is 1. The van der Waals surface area contributed by atoms with Gasteiger partial charge in [0, 0.05) is 11.3 Å². The molecule has 0 saturated carbocycles. The van der Waals surface area contributed by atoms with Gasteiger partial charge in [-0.25, -0.2) is 0 Å². The van der Waals surface area contributed by atoms with Crippen LogP contribution in [0.1, 0.15) is 35.3 Å². The van der Waals surface area contributed by atoms with Crippen molar-refractivity contribution in [3.63, 3.8) is 0 Å². The van der Waals surface area contributed by atoms with Gasteiger partial charge in [-0.15, -0.1) is 0 Å². The van der Waals surface area contributed by atoms with Gasteiger partial charge >= 0.3 is 0 Å². The predicted molar refractivity (Wildman–Crippen MR) is 94.0 cm³/mol. The first-order chi connectivity index (χ1) is 10.1. The van der Waals surface area contributed by atoms with E-state index in [1.807, 2.05) is 40.8 Å². The van der Waals surface area contributed by atoms with Crippen LogP contribution in [-0.2, 0) is 12.8 Å². The van der Waals surface area contributed by atoms with Gasteiger partial charge < -0.3 is 10.4 Å². The highest BCUT2D eigenvalue weighted by Crippen LogP contribution is 2.25. The number of amides is 1. The lowest BCUT2D eigenvalue weighted by Crippen LogP contribution is -2.14. The van der Waals surface area contributed by atoms with Crippen LogP contribution < -0.4 is 5.32 Å². The zero-order valence-corrected chi connectivity index (χ0v) is 14.3. The summed E-state index contributed by atoms with van der Waals surface area (Å²) in [4.78, 5) is 12.4. The van der Waals surface area contributed by atoms with Crippen LogP contribution in [0.2, 0.25) is 0 Å². The van der Waals surface area contributed by atoms with Crippen molar-refractivity contribution in [2.24, 2.45) is 0 Å². The average Bonchev–Trinajstić information content (AvgIpc) is 2.50. The number of hydrogen-bond acceptors (Lipinski definition) is 2. The standard InChI is InChI=1S/C17H18INO2/c1-3-11-6-5-7-12(4-2)16(11)19-17(21)13-8-9-14(18)15(20)10-13/h5-10,20H,3-4H2,1-2H3,(H,19,21). The molecule has 0 unspecified atom stereocenters. The second kappa shape index (κ2) is 6.93. The number of aryl methyl sites for hydroxylation is 2. The van der Waals surface area contributed by atoms with E-state index in [-0.39, 0.29) is 11.7 Å². The minimum atomic E-state index is -0.197. The lowest BCUT2D eigenvalue weighted by atomic mass is 10.0. The Bertz CT molecular complexity index is 646. The number of benzene rings is 2. The monoisotopic (exact) mass is 395 g/mol. The third kappa shape index (κ3) is 3.56. The molecule has 2 aromatic carbocycles. The van der Waals surface area contributed by atoms with E-state index in [2.05, 4.69) is 19.2 Å². The lowest BCUT2D eigenvalue weighted by Gasteiger charge is -2.14. The fourth-order valence-electron chi connectivity index (χ4n) is 2.24. The second-order valence-electron chi connectivity index (χ2n) is 4.78. The van der Waals surface area contributed by atoms with E-state index in [1.54, 1.807) is 12.1 Å². The van der Waals surface area contributed by atoms with E-state index < -0.39 is 0 Å². The summed E-state index contributed by atoms with van der Waals surface area (Å²) in [5, 5.41) is 12.7. The van der Waals surface area contributed by atoms with Gasteiger partial charge in [-0.05, 0) is 64.8 Å². The Morgan fingerprint density at radius 1 is 1.14 bits per heavy atom. The predicted octanol–water partition coefficient (Wildman–Crippen LogP) is 4.37. The summed E-state index contributed by atoms with van der Waals surface area (Å²) < 4.78 is 0.729. The van der Waals surface area contributed by atoms with Crippen LogP contribution in [0.25, 0.3) is 0 Å². The molecule has 0 bridgehead atoms. The molecule has 2 rings (SSSR count). The largest absolute Gasteiger partial charge is 0.507 e. The van der Waals surface area contributed by atoms with Gasteiger partial charge in [-0.3, -0.25) is 4.79 Å². The molecule has 0 aliphatic heterocycles. The lowest BCUT2D eigenvalue weighted by molar-refractivity contribution is 0.102. The molecule has 110 valence electrons. The summed E-state index contributed by atoms with van der Waals surface area (Å²) in [5.74, 6) is -0.0694. The number of carbonyl (C=O) groups excluding carboxylic acids is 1. The molecular weight excluding hydrogens is 377 g/mol. The maximum atomic E-state index is 12.4. The van der Waals surface area contributed by atoms with Crippen LogP contribution in [0, 0.1) is 3.57 Å². The quantitative estimate of drug-likeness (QED) is 0.756. The molecule has 0 spiro atoms. The smallest absolute Gasteiger partial charge is 0.255 e. The van der Waals surface area contributed by atoms with Crippen LogP contribution in [0.15, 0.2) is 36.4 Å². The average molecular weight is 395 g/mol. The molecule has 0 fully saturated rings. The summed E-state index contributed by atoms with van der Waals surface area (Å²) in [6.45, 7) is 4.14. The fraction of sp³-hybridized carbons (Fsp3) is 0.235. The van der Waals surface area contributed by atoms with Crippen molar-refractivity contribution in [2.45, 2.75) is 26.7 Å². The van der Waals surface area contributed by atoms with Gasteiger partial charge in [0.05, 0.1) is 3.57 Å². The number of halogens is 1. The van der Waals surface area contributed by atoms with E-state index >= 15 is 0 Å². The summed E-state index contributed by atoms with van der Waals surface area (Å²) in [6.07, 6.45) is 1.72. The number of aromatic hydroxyl groups is 1. The molecular formula is C17H18INO2. The first kappa shape index (κ1) is 15.8. The highest BCUT2D eigenvalue weighted by atomic mass is 127. The Labute approximate surface area is 138 Å². The van der Waals surface area contributed by atoms with Crippen molar-refractivity contribution in [1.29, 1.82) is 0 Å². The summed E-state index contributed by atoms with van der Waals surface area (Å²) in [5.41, 5.74) is 3.60. The molecule has 0 atom stereocenters. The van der Waals surface area contributed by atoms with E-state index in [0.29, 0.717) is 5.56 Å². The summed E-state index contributed by atoms with van der Waals surface area (Å²) >= 11 is 2.03. The number of hydrogen-bond donors (Lipinski definition) is 2. The molecule has 0 aliphatic carbocycles. The number of anilines is 1. The minimum absolute atomic E-state index is 0.128. The molecule has 0 saturated heterocycles. The molecule has 3 nitrogen and oxygen atoms in total. The Hall–Kier alpha value is -1.56. The van der Waals surface area contributed by atoms with Crippen molar-refractivity contribution in [3.05, 3.63) is 56.7 Å². The Balaban J connectivity index is 2.33. The Kier molecular flexibility index (Phi) is 5.22. The fourth-order valence-corrected chi connectivity index (χ4v) is 2.58. The van der Waals surface area contributed by atoms with Crippen LogP contribution in [0.5, 0.6) is 5.75 Å². The van der Waals surface area contributed by atoms with Crippen LogP contribution >= 0.6 is 22.6 Å². The Morgan fingerprint density at radius 2 is 1.76 bits per heavy atom. The van der Waals surface area contributed by atoms with Gasteiger partial charge in [0.2, 0.25) is 0 Å². The molecule has 0 heterocycles. The topological polar surface area (TPSA) is 49.3 Å². The van der Waals surface area contributed by atoms with Crippen molar-refractivity contribution in [2.75, 3.05) is 5.32 Å². The maximum absolute atomic E-state index is 12.4. The van der Waals surface area contributed by atoms with Crippen LogP contribution in [-0.4, -0.2) is 11.0 Å². The maximum Gasteiger partial charge on any atom is 0.255 e. The van der Waals surface area contributed by atoms with Crippen LogP contribution in [0.4, 0.5) is 5.69 Å². The number of nitrogens with one attached hydrogen (secondary N) is 1. The third-order valence-electron chi connectivity index (χ3n) is 3.45. The SMILES string of the molecule is CCc1cccc(CC)c1NC(=O)c1ccc(I)c(O)c1.